The Labute approximate surface area is 110 Å². The third kappa shape index (κ3) is 8.72. The Hall–Kier alpha value is -2.33. The van der Waals surface area contributed by atoms with Crippen LogP contribution in [0.5, 0.6) is 0 Å². The van der Waals surface area contributed by atoms with Crippen LogP contribution in [0.3, 0.4) is 0 Å². The predicted octanol–water partition coefficient (Wildman–Crippen LogP) is -1.63. The molecule has 0 saturated heterocycles. The molecule has 0 aliphatic rings. The van der Waals surface area contributed by atoms with Gasteiger partial charge in [0.2, 0.25) is 11.8 Å². The number of amides is 3. The lowest BCUT2D eigenvalue weighted by Crippen LogP contribution is -2.41. The normalized spacial score (nSPS) is 10.6. The van der Waals surface area contributed by atoms with Crippen molar-refractivity contribution in [2.24, 2.45) is 0 Å². The smallest absolute Gasteiger partial charge is 0.471 e. The number of carboxylic acids is 1. The number of alkyl halides is 3. The fraction of sp³-hybridized carbons (Fsp3) is 0.556. The fourth-order valence-corrected chi connectivity index (χ4v) is 0.894. The summed E-state index contributed by atoms with van der Waals surface area (Å²) in [7, 11) is 0. The zero-order valence-electron chi connectivity index (χ0n) is 10.0. The van der Waals surface area contributed by atoms with Crippen molar-refractivity contribution in [2.45, 2.75) is 12.6 Å². The largest absolute Gasteiger partial charge is 0.480 e. The number of halogens is 3. The first kappa shape index (κ1) is 17.7. The Bertz CT molecular complexity index is 397. The van der Waals surface area contributed by atoms with Crippen LogP contribution in [0.1, 0.15) is 6.42 Å². The van der Waals surface area contributed by atoms with Gasteiger partial charge in [-0.25, -0.2) is 0 Å². The molecule has 0 spiro atoms. The topological polar surface area (TPSA) is 125 Å². The van der Waals surface area contributed by atoms with Crippen LogP contribution in [0.4, 0.5) is 13.2 Å². The molecule has 0 unspecified atom stereocenters. The van der Waals surface area contributed by atoms with E-state index < -0.39 is 55.9 Å². The molecular weight excluding hydrogens is 287 g/mol. The second-order valence-corrected chi connectivity index (χ2v) is 3.45. The van der Waals surface area contributed by atoms with Crippen LogP contribution in [0.15, 0.2) is 0 Å². The Morgan fingerprint density at radius 2 is 1.45 bits per heavy atom. The van der Waals surface area contributed by atoms with E-state index in [1.54, 1.807) is 0 Å². The highest BCUT2D eigenvalue weighted by molar-refractivity contribution is 5.87. The van der Waals surface area contributed by atoms with Gasteiger partial charge in [0, 0.05) is 13.0 Å². The van der Waals surface area contributed by atoms with Gasteiger partial charge in [-0.15, -0.1) is 0 Å². The first-order valence-electron chi connectivity index (χ1n) is 5.23. The van der Waals surface area contributed by atoms with Gasteiger partial charge in [0.1, 0.15) is 6.54 Å². The molecule has 0 bridgehead atoms. The van der Waals surface area contributed by atoms with Gasteiger partial charge < -0.3 is 21.1 Å². The Kier molecular flexibility index (Phi) is 7.04. The van der Waals surface area contributed by atoms with Crippen molar-refractivity contribution in [2.75, 3.05) is 19.6 Å². The molecule has 8 nitrogen and oxygen atoms in total. The zero-order chi connectivity index (χ0) is 15.8. The second-order valence-electron chi connectivity index (χ2n) is 3.45. The molecule has 0 atom stereocenters. The SMILES string of the molecule is O=C(O)CNC(=O)CNC(=O)CCNC(=O)C(F)(F)F. The van der Waals surface area contributed by atoms with E-state index in [-0.39, 0.29) is 0 Å². The minimum atomic E-state index is -5.02. The lowest BCUT2D eigenvalue weighted by Gasteiger charge is -2.08. The summed E-state index contributed by atoms with van der Waals surface area (Å²) in [5, 5.41) is 13.7. The molecule has 0 aliphatic carbocycles. The maximum atomic E-state index is 11.8. The number of rotatable bonds is 7. The van der Waals surface area contributed by atoms with E-state index >= 15 is 0 Å². The maximum absolute atomic E-state index is 11.8. The van der Waals surface area contributed by atoms with E-state index in [1.807, 2.05) is 10.6 Å². The average Bonchev–Trinajstić information content (AvgIpc) is 2.32. The molecule has 3 amide bonds. The highest BCUT2D eigenvalue weighted by Crippen LogP contribution is 2.13. The first-order valence-corrected chi connectivity index (χ1v) is 5.23. The van der Waals surface area contributed by atoms with Gasteiger partial charge in [-0.3, -0.25) is 19.2 Å². The quantitative estimate of drug-likeness (QED) is 0.449. The van der Waals surface area contributed by atoms with Gasteiger partial charge in [-0.2, -0.15) is 13.2 Å². The zero-order valence-corrected chi connectivity index (χ0v) is 10.0. The van der Waals surface area contributed by atoms with Gasteiger partial charge in [0.15, 0.2) is 0 Å². The van der Waals surface area contributed by atoms with E-state index in [0.717, 1.165) is 0 Å². The molecule has 0 aliphatic heterocycles. The fourth-order valence-electron chi connectivity index (χ4n) is 0.894. The number of aliphatic carboxylic acids is 1. The third-order valence-electron chi connectivity index (χ3n) is 1.78. The van der Waals surface area contributed by atoms with Gasteiger partial charge in [0.25, 0.3) is 0 Å². The number of carbonyl (C=O) groups is 4. The minimum Gasteiger partial charge on any atom is -0.480 e. The molecule has 0 aromatic carbocycles. The summed E-state index contributed by atoms with van der Waals surface area (Å²) in [6.45, 7) is -1.67. The molecule has 0 rings (SSSR count). The summed E-state index contributed by atoms with van der Waals surface area (Å²) in [6, 6.07) is 0. The van der Waals surface area contributed by atoms with Gasteiger partial charge in [0.05, 0.1) is 6.54 Å². The molecule has 20 heavy (non-hydrogen) atoms. The van der Waals surface area contributed by atoms with Crippen molar-refractivity contribution in [3.05, 3.63) is 0 Å². The van der Waals surface area contributed by atoms with Crippen molar-refractivity contribution >= 4 is 23.7 Å². The lowest BCUT2D eigenvalue weighted by molar-refractivity contribution is -0.173. The summed E-state index contributed by atoms with van der Waals surface area (Å²) < 4.78 is 35.3. The van der Waals surface area contributed by atoms with Crippen LogP contribution < -0.4 is 16.0 Å². The first-order chi connectivity index (χ1) is 9.12. The summed E-state index contributed by atoms with van der Waals surface area (Å²) >= 11 is 0. The van der Waals surface area contributed by atoms with Gasteiger partial charge >= 0.3 is 18.1 Å². The van der Waals surface area contributed by atoms with Crippen LogP contribution in [0.25, 0.3) is 0 Å². The molecule has 4 N–H and O–H groups in total. The number of hydrogen-bond acceptors (Lipinski definition) is 4. The van der Waals surface area contributed by atoms with Crippen molar-refractivity contribution in [3.8, 4) is 0 Å². The highest BCUT2D eigenvalue weighted by atomic mass is 19.4. The number of hydrogen-bond donors (Lipinski definition) is 4. The number of carboxylic acid groups (broad SMARTS) is 1. The van der Waals surface area contributed by atoms with E-state index in [9.17, 15) is 32.3 Å². The maximum Gasteiger partial charge on any atom is 0.471 e. The van der Waals surface area contributed by atoms with E-state index in [4.69, 9.17) is 5.11 Å². The van der Waals surface area contributed by atoms with Crippen molar-refractivity contribution in [1.29, 1.82) is 0 Å². The van der Waals surface area contributed by atoms with E-state index in [2.05, 4.69) is 0 Å². The molecule has 0 aromatic rings. The highest BCUT2D eigenvalue weighted by Gasteiger charge is 2.38. The van der Waals surface area contributed by atoms with Crippen LogP contribution in [-0.4, -0.2) is 54.6 Å². The lowest BCUT2D eigenvalue weighted by atomic mass is 10.4. The molecule has 0 heterocycles. The van der Waals surface area contributed by atoms with Crippen LogP contribution in [0.2, 0.25) is 0 Å². The third-order valence-corrected chi connectivity index (χ3v) is 1.78. The number of carbonyl (C=O) groups excluding carboxylic acids is 3. The summed E-state index contributed by atoms with van der Waals surface area (Å²) in [5.74, 6) is -4.96. The van der Waals surface area contributed by atoms with Crippen molar-refractivity contribution in [3.63, 3.8) is 0 Å². The predicted molar refractivity (Wildman–Crippen MR) is 57.3 cm³/mol. The molecule has 114 valence electrons. The van der Waals surface area contributed by atoms with Gasteiger partial charge in [-0.05, 0) is 0 Å². The summed E-state index contributed by atoms with van der Waals surface area (Å²) in [6.07, 6.45) is -5.47. The molecule has 0 saturated carbocycles. The standard InChI is InChI=1S/C9H12F3N3O5/c10-9(11,12)8(20)13-2-1-5(16)14-3-6(17)15-4-7(18)19/h1-4H2,(H,13,20)(H,14,16)(H,15,17)(H,18,19). The Balaban J connectivity index is 3.77. The van der Waals surface area contributed by atoms with Crippen LogP contribution in [-0.2, 0) is 19.2 Å². The van der Waals surface area contributed by atoms with E-state index in [0.29, 0.717) is 0 Å². The molecule has 11 heteroatoms. The summed E-state index contributed by atoms with van der Waals surface area (Å²) in [5.41, 5.74) is 0. The monoisotopic (exact) mass is 299 g/mol. The number of nitrogens with one attached hydrogen (secondary N) is 3. The molecule has 0 aromatic heterocycles. The van der Waals surface area contributed by atoms with Crippen LogP contribution >= 0.6 is 0 Å². The molecular formula is C9H12F3N3O5. The van der Waals surface area contributed by atoms with Crippen molar-refractivity contribution < 1.29 is 37.5 Å². The van der Waals surface area contributed by atoms with Gasteiger partial charge in [-0.1, -0.05) is 0 Å². The summed E-state index contributed by atoms with van der Waals surface area (Å²) in [4.78, 5) is 42.5. The molecule has 0 fully saturated rings. The van der Waals surface area contributed by atoms with Crippen molar-refractivity contribution in [1.82, 2.24) is 16.0 Å². The molecule has 0 radical (unpaired) electrons. The average molecular weight is 299 g/mol. The minimum absolute atomic E-state index is 0.450. The van der Waals surface area contributed by atoms with Crippen LogP contribution in [0, 0.1) is 0 Å². The van der Waals surface area contributed by atoms with E-state index in [1.165, 1.54) is 5.32 Å². The Morgan fingerprint density at radius 3 is 1.95 bits per heavy atom. The Morgan fingerprint density at radius 1 is 0.900 bits per heavy atom. The second kappa shape index (κ2) is 7.96.